The molecule has 0 aliphatic carbocycles. The fraction of sp³-hybridized carbons (Fsp3) is 0.417. The average Bonchev–Trinajstić information content (AvgIpc) is 2.73. The minimum atomic E-state index is -3.96. The van der Waals surface area contributed by atoms with E-state index in [9.17, 15) is 18.0 Å². The molecule has 0 aliphatic rings. The topological polar surface area (TPSA) is 86.8 Å². The van der Waals surface area contributed by atoms with Gasteiger partial charge in [-0.1, -0.05) is 65.5 Å². The summed E-state index contributed by atoms with van der Waals surface area (Å²) in [6.07, 6.45) is 1.23. The number of hydrogen-bond donors (Lipinski definition) is 1. The number of rotatable bonds is 9. The third-order valence-corrected chi connectivity index (χ3v) is 7.64. The van der Waals surface area contributed by atoms with Crippen molar-refractivity contribution >= 4 is 73.9 Å². The smallest absolute Gasteiger partial charge is 0.244 e. The number of benzene rings is 2. The zero-order chi connectivity index (χ0) is 27.4. The molecule has 2 aromatic carbocycles. The minimum absolute atomic E-state index is 0.0118. The number of carbonyl (C=O) groups is 2. The molecule has 1 N–H and O–H groups in total. The van der Waals surface area contributed by atoms with Crippen molar-refractivity contribution < 1.29 is 18.0 Å². The molecule has 0 saturated heterocycles. The van der Waals surface area contributed by atoms with Crippen molar-refractivity contribution in [3.05, 3.63) is 62.1 Å². The molecule has 0 aliphatic heterocycles. The van der Waals surface area contributed by atoms with Crippen LogP contribution in [-0.2, 0) is 26.2 Å². The molecule has 0 radical (unpaired) electrons. The second-order valence-electron chi connectivity index (χ2n) is 9.26. The van der Waals surface area contributed by atoms with Gasteiger partial charge in [-0.2, -0.15) is 0 Å². The Labute approximate surface area is 232 Å². The molecule has 7 nitrogen and oxygen atoms in total. The monoisotopic (exact) mass is 595 g/mol. The molecule has 0 spiro atoms. The van der Waals surface area contributed by atoms with E-state index in [-0.39, 0.29) is 34.6 Å². The van der Waals surface area contributed by atoms with E-state index in [0.29, 0.717) is 15.6 Å². The highest BCUT2D eigenvalue weighted by atomic mass is 35.5. The molecule has 0 unspecified atom stereocenters. The molecule has 12 heteroatoms. The highest BCUT2D eigenvalue weighted by Crippen LogP contribution is 2.34. The van der Waals surface area contributed by atoms with Gasteiger partial charge < -0.3 is 10.2 Å². The molecule has 198 valence electrons. The zero-order valence-electron chi connectivity index (χ0n) is 20.6. The van der Waals surface area contributed by atoms with Crippen LogP contribution in [0, 0.1) is 0 Å². The largest absolute Gasteiger partial charge is 0.350 e. The summed E-state index contributed by atoms with van der Waals surface area (Å²) < 4.78 is 26.3. The molecule has 0 fully saturated rings. The fourth-order valence-electron chi connectivity index (χ4n) is 3.49. The van der Waals surface area contributed by atoms with Crippen molar-refractivity contribution in [1.29, 1.82) is 0 Å². The molecule has 2 amide bonds. The van der Waals surface area contributed by atoms with Crippen LogP contribution in [0.25, 0.3) is 0 Å². The van der Waals surface area contributed by atoms with E-state index in [1.165, 1.54) is 29.2 Å². The van der Waals surface area contributed by atoms with E-state index in [1.807, 2.05) is 20.8 Å². The summed E-state index contributed by atoms with van der Waals surface area (Å²) in [6.45, 7) is 6.58. The summed E-state index contributed by atoms with van der Waals surface area (Å²) in [6, 6.07) is 8.40. The lowest BCUT2D eigenvalue weighted by Crippen LogP contribution is -2.55. The van der Waals surface area contributed by atoms with Crippen LogP contribution in [0.1, 0.15) is 39.7 Å². The lowest BCUT2D eigenvalue weighted by atomic mass is 10.1. The summed E-state index contributed by atoms with van der Waals surface area (Å²) in [4.78, 5) is 28.2. The first-order valence-electron chi connectivity index (χ1n) is 11.0. The van der Waals surface area contributed by atoms with Gasteiger partial charge in [0.2, 0.25) is 21.8 Å². The van der Waals surface area contributed by atoms with Gasteiger partial charge in [-0.05, 0) is 57.0 Å². The Balaban J connectivity index is 2.54. The highest BCUT2D eigenvalue weighted by Gasteiger charge is 2.34. The summed E-state index contributed by atoms with van der Waals surface area (Å²) in [5.74, 6) is -1.01. The van der Waals surface area contributed by atoms with Crippen molar-refractivity contribution in [2.24, 2.45) is 0 Å². The second kappa shape index (κ2) is 12.2. The van der Waals surface area contributed by atoms with Gasteiger partial charge in [-0.15, -0.1) is 0 Å². The second-order valence-corrected chi connectivity index (χ2v) is 12.8. The summed E-state index contributed by atoms with van der Waals surface area (Å²) in [5, 5.41) is 3.74. The Morgan fingerprint density at radius 3 is 2.19 bits per heavy atom. The van der Waals surface area contributed by atoms with Crippen molar-refractivity contribution in [3.63, 3.8) is 0 Å². The Kier molecular flexibility index (Phi) is 10.4. The number of carbonyl (C=O) groups excluding carboxylic acids is 2. The zero-order valence-corrected chi connectivity index (χ0v) is 24.5. The maximum Gasteiger partial charge on any atom is 0.244 e. The van der Waals surface area contributed by atoms with Gasteiger partial charge in [0.05, 0.1) is 22.0 Å². The standard InChI is InChI=1S/C24H29Cl4N3O4S/c1-6-19(23(33)29-24(2,3)4)30(13-15-10-11-16(25)12-18(15)27)21(32)14-31(36(5,34)35)20-9-7-8-17(26)22(20)28/h7-12,19H,6,13-14H2,1-5H3,(H,29,33)/t19-/m0/s1. The quantitative estimate of drug-likeness (QED) is 0.397. The number of halogens is 4. The van der Waals surface area contributed by atoms with Gasteiger partial charge in [-0.3, -0.25) is 13.9 Å². The SMILES string of the molecule is CC[C@@H](C(=O)NC(C)(C)C)N(Cc1ccc(Cl)cc1Cl)C(=O)CN(c1cccc(Cl)c1Cl)S(C)(=O)=O. The van der Waals surface area contributed by atoms with Crippen molar-refractivity contribution in [2.75, 3.05) is 17.1 Å². The third kappa shape index (κ3) is 8.15. The number of nitrogens with zero attached hydrogens (tertiary/aromatic N) is 2. The Bertz CT molecular complexity index is 1230. The van der Waals surface area contributed by atoms with Gasteiger partial charge in [0.15, 0.2) is 0 Å². The van der Waals surface area contributed by atoms with Crippen molar-refractivity contribution in [2.45, 2.75) is 52.2 Å². The molecule has 0 heterocycles. The molecule has 0 saturated carbocycles. The van der Waals surface area contributed by atoms with Crippen LogP contribution < -0.4 is 9.62 Å². The first kappa shape index (κ1) is 30.5. The molecule has 2 aromatic rings. The van der Waals surface area contributed by atoms with Gasteiger partial charge in [0.25, 0.3) is 0 Å². The minimum Gasteiger partial charge on any atom is -0.350 e. The van der Waals surface area contributed by atoms with E-state index in [2.05, 4.69) is 5.32 Å². The molecule has 1 atom stereocenters. The summed E-state index contributed by atoms with van der Waals surface area (Å²) in [5.41, 5.74) is 0.0457. The van der Waals surface area contributed by atoms with Crippen LogP contribution in [0.2, 0.25) is 20.1 Å². The normalized spacial score (nSPS) is 12.7. The first-order chi connectivity index (χ1) is 16.5. The predicted octanol–water partition coefficient (Wildman–Crippen LogP) is 5.79. The van der Waals surface area contributed by atoms with Crippen LogP contribution in [0.5, 0.6) is 0 Å². The van der Waals surface area contributed by atoms with Crippen LogP contribution in [-0.4, -0.2) is 49.5 Å². The molecule has 2 rings (SSSR count). The van der Waals surface area contributed by atoms with Crippen LogP contribution >= 0.6 is 46.4 Å². The Morgan fingerprint density at radius 2 is 1.67 bits per heavy atom. The van der Waals surface area contributed by atoms with Crippen molar-refractivity contribution in [3.8, 4) is 0 Å². The summed E-state index contributed by atoms with van der Waals surface area (Å²) in [7, 11) is -3.96. The maximum absolute atomic E-state index is 13.7. The number of anilines is 1. The lowest BCUT2D eigenvalue weighted by Gasteiger charge is -2.34. The third-order valence-electron chi connectivity index (χ3n) is 5.12. The van der Waals surface area contributed by atoms with E-state index in [1.54, 1.807) is 19.1 Å². The average molecular weight is 597 g/mol. The maximum atomic E-state index is 13.7. The van der Waals surface area contributed by atoms with E-state index in [0.717, 1.165) is 10.6 Å². The van der Waals surface area contributed by atoms with Crippen LogP contribution in [0.4, 0.5) is 5.69 Å². The molecule has 0 bridgehead atoms. The van der Waals surface area contributed by atoms with E-state index >= 15 is 0 Å². The van der Waals surface area contributed by atoms with Gasteiger partial charge in [-0.25, -0.2) is 8.42 Å². The number of nitrogens with one attached hydrogen (secondary N) is 1. The van der Waals surface area contributed by atoms with Gasteiger partial charge in [0, 0.05) is 22.1 Å². The first-order valence-corrected chi connectivity index (χ1v) is 14.4. The van der Waals surface area contributed by atoms with Gasteiger partial charge >= 0.3 is 0 Å². The summed E-state index contributed by atoms with van der Waals surface area (Å²) >= 11 is 24.8. The lowest BCUT2D eigenvalue weighted by molar-refractivity contribution is -0.141. The molecular formula is C24H29Cl4N3O4S. The number of sulfonamides is 1. The molecule has 0 aromatic heterocycles. The van der Waals surface area contributed by atoms with Crippen molar-refractivity contribution in [1.82, 2.24) is 10.2 Å². The number of amides is 2. The fourth-order valence-corrected chi connectivity index (χ4v) is 5.26. The highest BCUT2D eigenvalue weighted by molar-refractivity contribution is 7.92. The van der Waals surface area contributed by atoms with Crippen LogP contribution in [0.15, 0.2) is 36.4 Å². The predicted molar refractivity (Wildman–Crippen MR) is 148 cm³/mol. The Morgan fingerprint density at radius 1 is 1.03 bits per heavy atom. The molecule has 36 heavy (non-hydrogen) atoms. The van der Waals surface area contributed by atoms with E-state index < -0.39 is 34.1 Å². The van der Waals surface area contributed by atoms with Crippen LogP contribution in [0.3, 0.4) is 0 Å². The Hall–Kier alpha value is -1.71. The van der Waals surface area contributed by atoms with E-state index in [4.69, 9.17) is 46.4 Å². The van der Waals surface area contributed by atoms with Gasteiger partial charge in [0.1, 0.15) is 12.6 Å². The molecular weight excluding hydrogens is 568 g/mol. The number of hydrogen-bond acceptors (Lipinski definition) is 4.